The van der Waals surface area contributed by atoms with E-state index in [1.54, 1.807) is 24.8 Å². The summed E-state index contributed by atoms with van der Waals surface area (Å²) in [6.45, 7) is 4.52. The molecule has 1 aliphatic heterocycles. The van der Waals surface area contributed by atoms with Crippen LogP contribution < -0.4 is 0 Å². The number of hydrogen-bond donors (Lipinski definition) is 0. The summed E-state index contributed by atoms with van der Waals surface area (Å²) in [7, 11) is 0. The largest absolute Gasteiger partial charge is 0.361 e. The van der Waals surface area contributed by atoms with Crippen LogP contribution in [0.3, 0.4) is 0 Å². The van der Waals surface area contributed by atoms with Crippen LogP contribution in [0, 0.1) is 13.8 Å². The Kier molecular flexibility index (Phi) is 5.10. The van der Waals surface area contributed by atoms with Gasteiger partial charge in [0.25, 0.3) is 5.91 Å². The van der Waals surface area contributed by atoms with Gasteiger partial charge < -0.3 is 9.42 Å². The lowest BCUT2D eigenvalue weighted by atomic mass is 10.1. The van der Waals surface area contributed by atoms with E-state index in [4.69, 9.17) is 4.52 Å². The Bertz CT molecular complexity index is 935. The van der Waals surface area contributed by atoms with E-state index < -0.39 is 0 Å². The van der Waals surface area contributed by atoms with Gasteiger partial charge in [-0.3, -0.25) is 19.7 Å². The summed E-state index contributed by atoms with van der Waals surface area (Å²) >= 11 is 0. The molecule has 4 heterocycles. The summed E-state index contributed by atoms with van der Waals surface area (Å²) in [5.41, 5.74) is 3.78. The van der Waals surface area contributed by atoms with E-state index in [-0.39, 0.29) is 11.9 Å². The first kappa shape index (κ1) is 18.2. The Morgan fingerprint density at radius 2 is 2.07 bits per heavy atom. The van der Waals surface area contributed by atoms with Crippen LogP contribution in [0.25, 0.3) is 11.3 Å². The van der Waals surface area contributed by atoms with Crippen LogP contribution in [0.1, 0.15) is 46.9 Å². The van der Waals surface area contributed by atoms with Crippen molar-refractivity contribution in [3.63, 3.8) is 0 Å². The predicted octanol–water partition coefficient (Wildman–Crippen LogP) is 2.78. The molecule has 0 saturated carbocycles. The first-order valence-electron chi connectivity index (χ1n) is 9.44. The van der Waals surface area contributed by atoms with Crippen molar-refractivity contribution in [3.05, 3.63) is 53.8 Å². The van der Waals surface area contributed by atoms with Crippen molar-refractivity contribution < 1.29 is 9.32 Å². The number of carbonyl (C=O) groups is 1. The topological polar surface area (TPSA) is 97.9 Å². The lowest BCUT2D eigenvalue weighted by Gasteiger charge is -2.24. The van der Waals surface area contributed by atoms with Gasteiger partial charge in [-0.25, -0.2) is 4.98 Å². The first-order chi connectivity index (χ1) is 13.6. The molecular formula is C20H22N6O2. The number of aryl methyl sites for hydroxylation is 3. The van der Waals surface area contributed by atoms with Crippen molar-refractivity contribution in [1.82, 2.24) is 30.0 Å². The van der Waals surface area contributed by atoms with Crippen molar-refractivity contribution >= 4 is 5.91 Å². The minimum atomic E-state index is -0.0459. The average Bonchev–Trinajstić information content (AvgIpc) is 3.33. The molecule has 1 fully saturated rings. The van der Waals surface area contributed by atoms with Gasteiger partial charge in [-0.1, -0.05) is 5.16 Å². The molecule has 3 aromatic heterocycles. The minimum absolute atomic E-state index is 0.0459. The highest BCUT2D eigenvalue weighted by Gasteiger charge is 2.30. The van der Waals surface area contributed by atoms with E-state index in [0.717, 1.165) is 60.6 Å². The maximum absolute atomic E-state index is 12.7. The van der Waals surface area contributed by atoms with Gasteiger partial charge in [0.1, 0.15) is 11.5 Å². The summed E-state index contributed by atoms with van der Waals surface area (Å²) < 4.78 is 5.20. The second kappa shape index (κ2) is 7.84. The van der Waals surface area contributed by atoms with Gasteiger partial charge in [0, 0.05) is 31.2 Å². The molecule has 0 radical (unpaired) electrons. The van der Waals surface area contributed by atoms with Gasteiger partial charge in [0.15, 0.2) is 0 Å². The number of likely N-dealkylation sites (tertiary alicyclic amines) is 1. The fourth-order valence-electron chi connectivity index (χ4n) is 3.74. The Hall–Kier alpha value is -3.16. The standard InChI is InChI=1S/C20H22N6O2/c1-13-19(14(2)28-25-13)17-12-23-15(10-24-17)5-6-16-4-3-9-26(16)20(27)18-11-21-7-8-22-18/h7-8,10-12,16H,3-6,9H2,1-2H3. The second-order valence-electron chi connectivity index (χ2n) is 7.02. The lowest BCUT2D eigenvalue weighted by Crippen LogP contribution is -2.36. The third-order valence-electron chi connectivity index (χ3n) is 5.15. The zero-order valence-corrected chi connectivity index (χ0v) is 16.0. The molecule has 3 aromatic rings. The minimum Gasteiger partial charge on any atom is -0.361 e. The summed E-state index contributed by atoms with van der Waals surface area (Å²) in [6.07, 6.45) is 11.8. The van der Waals surface area contributed by atoms with Crippen molar-refractivity contribution in [2.24, 2.45) is 0 Å². The normalized spacial score (nSPS) is 16.5. The molecule has 1 unspecified atom stereocenters. The highest BCUT2D eigenvalue weighted by Crippen LogP contribution is 2.25. The number of nitrogens with zero attached hydrogens (tertiary/aromatic N) is 6. The van der Waals surface area contributed by atoms with Gasteiger partial charge in [0.2, 0.25) is 0 Å². The number of amides is 1. The number of aromatic nitrogens is 5. The fourth-order valence-corrected chi connectivity index (χ4v) is 3.74. The highest BCUT2D eigenvalue weighted by molar-refractivity contribution is 5.92. The van der Waals surface area contributed by atoms with E-state index in [9.17, 15) is 4.79 Å². The molecule has 0 aromatic carbocycles. The van der Waals surface area contributed by atoms with Crippen molar-refractivity contribution in [3.8, 4) is 11.3 Å². The quantitative estimate of drug-likeness (QED) is 0.673. The fraction of sp³-hybridized carbons (Fsp3) is 0.400. The van der Waals surface area contributed by atoms with Crippen LogP contribution in [0.5, 0.6) is 0 Å². The van der Waals surface area contributed by atoms with Crippen molar-refractivity contribution in [2.75, 3.05) is 6.54 Å². The van der Waals surface area contributed by atoms with Gasteiger partial charge in [-0.2, -0.15) is 0 Å². The molecule has 8 heteroatoms. The molecule has 4 rings (SSSR count). The summed E-state index contributed by atoms with van der Waals surface area (Å²) in [4.78, 5) is 31.8. The summed E-state index contributed by atoms with van der Waals surface area (Å²) in [6, 6.07) is 0.193. The molecular weight excluding hydrogens is 356 g/mol. The molecule has 144 valence electrons. The smallest absolute Gasteiger partial charge is 0.274 e. The van der Waals surface area contributed by atoms with Crippen molar-refractivity contribution in [1.29, 1.82) is 0 Å². The zero-order chi connectivity index (χ0) is 19.5. The zero-order valence-electron chi connectivity index (χ0n) is 16.0. The number of rotatable bonds is 5. The van der Waals surface area contributed by atoms with Gasteiger partial charge >= 0.3 is 0 Å². The Labute approximate surface area is 163 Å². The third kappa shape index (κ3) is 3.62. The van der Waals surface area contributed by atoms with Crippen LogP contribution in [0.2, 0.25) is 0 Å². The molecule has 0 bridgehead atoms. The highest BCUT2D eigenvalue weighted by atomic mass is 16.5. The summed E-state index contributed by atoms with van der Waals surface area (Å²) in [5, 5.41) is 3.96. The molecule has 1 saturated heterocycles. The van der Waals surface area contributed by atoms with Crippen molar-refractivity contribution in [2.45, 2.75) is 45.6 Å². The van der Waals surface area contributed by atoms with Crippen LogP contribution in [0.4, 0.5) is 0 Å². The van der Waals surface area contributed by atoms with Gasteiger partial charge in [0.05, 0.1) is 35.0 Å². The Balaban J connectivity index is 1.40. The van der Waals surface area contributed by atoms with E-state index in [2.05, 4.69) is 25.1 Å². The molecule has 8 nitrogen and oxygen atoms in total. The Morgan fingerprint density at radius 3 is 2.75 bits per heavy atom. The van der Waals surface area contributed by atoms with Crippen LogP contribution in [-0.2, 0) is 6.42 Å². The SMILES string of the molecule is Cc1noc(C)c1-c1cnc(CCC2CCCN2C(=O)c2cnccn2)cn1. The second-order valence-corrected chi connectivity index (χ2v) is 7.02. The van der Waals surface area contributed by atoms with E-state index >= 15 is 0 Å². The molecule has 0 spiro atoms. The molecule has 0 aliphatic carbocycles. The van der Waals surface area contributed by atoms with Gasteiger partial charge in [-0.15, -0.1) is 0 Å². The molecule has 28 heavy (non-hydrogen) atoms. The number of hydrogen-bond acceptors (Lipinski definition) is 7. The maximum Gasteiger partial charge on any atom is 0.274 e. The lowest BCUT2D eigenvalue weighted by molar-refractivity contribution is 0.0724. The number of carbonyl (C=O) groups excluding carboxylic acids is 1. The molecule has 1 atom stereocenters. The average molecular weight is 378 g/mol. The third-order valence-corrected chi connectivity index (χ3v) is 5.15. The molecule has 1 aliphatic rings. The van der Waals surface area contributed by atoms with Crippen LogP contribution in [0.15, 0.2) is 35.5 Å². The van der Waals surface area contributed by atoms with E-state index in [0.29, 0.717) is 5.69 Å². The van der Waals surface area contributed by atoms with E-state index in [1.807, 2.05) is 18.7 Å². The first-order valence-corrected chi connectivity index (χ1v) is 9.44. The molecule has 0 N–H and O–H groups in total. The predicted molar refractivity (Wildman–Crippen MR) is 101 cm³/mol. The molecule has 1 amide bonds. The monoisotopic (exact) mass is 378 g/mol. The Morgan fingerprint density at radius 1 is 1.18 bits per heavy atom. The van der Waals surface area contributed by atoms with Crippen LogP contribution in [-0.4, -0.2) is 48.5 Å². The maximum atomic E-state index is 12.7. The van der Waals surface area contributed by atoms with Gasteiger partial charge in [-0.05, 0) is 39.5 Å². The van der Waals surface area contributed by atoms with E-state index in [1.165, 1.54) is 6.20 Å². The summed E-state index contributed by atoms with van der Waals surface area (Å²) in [5.74, 6) is 0.694. The van der Waals surface area contributed by atoms with Crippen LogP contribution >= 0.6 is 0 Å².